The largest absolute Gasteiger partial charge is 0.384 e. The van der Waals surface area contributed by atoms with Crippen LogP contribution in [0.3, 0.4) is 0 Å². The fourth-order valence-electron chi connectivity index (χ4n) is 2.47. The molecular weight excluding hydrogens is 264 g/mol. The van der Waals surface area contributed by atoms with Crippen molar-refractivity contribution in [3.8, 4) is 0 Å². The van der Waals surface area contributed by atoms with Crippen LogP contribution in [0, 0.1) is 5.41 Å². The molecule has 108 valence electrons. The third-order valence-electron chi connectivity index (χ3n) is 3.85. The second-order valence-electron chi connectivity index (χ2n) is 5.52. The Balaban J connectivity index is 1.60. The van der Waals surface area contributed by atoms with Crippen LogP contribution in [0.15, 0.2) is 42.6 Å². The van der Waals surface area contributed by atoms with Crippen molar-refractivity contribution in [3.63, 3.8) is 0 Å². The number of aromatic nitrogens is 2. The zero-order chi connectivity index (χ0) is 14.7. The van der Waals surface area contributed by atoms with E-state index in [-0.39, 0.29) is 11.3 Å². The van der Waals surface area contributed by atoms with Crippen LogP contribution >= 0.6 is 0 Å². The zero-order valence-electron chi connectivity index (χ0n) is 11.7. The van der Waals surface area contributed by atoms with Crippen molar-refractivity contribution in [1.29, 1.82) is 0 Å². The molecule has 0 atom stereocenters. The number of hydrogen-bond acceptors (Lipinski definition) is 4. The minimum absolute atomic E-state index is 0.0809. The van der Waals surface area contributed by atoms with Gasteiger partial charge in [-0.1, -0.05) is 30.3 Å². The Kier molecular flexibility index (Phi) is 3.56. The van der Waals surface area contributed by atoms with Crippen molar-refractivity contribution >= 4 is 11.7 Å². The fourth-order valence-corrected chi connectivity index (χ4v) is 2.47. The summed E-state index contributed by atoms with van der Waals surface area (Å²) in [6.45, 7) is 0.320. The second kappa shape index (κ2) is 5.52. The van der Waals surface area contributed by atoms with Gasteiger partial charge in [0.15, 0.2) is 0 Å². The van der Waals surface area contributed by atoms with Gasteiger partial charge in [-0.15, -0.1) is 0 Å². The van der Waals surface area contributed by atoms with Gasteiger partial charge < -0.3 is 11.1 Å². The Morgan fingerprint density at radius 1 is 1.24 bits per heavy atom. The van der Waals surface area contributed by atoms with Crippen LogP contribution in [0.25, 0.3) is 0 Å². The minimum Gasteiger partial charge on any atom is -0.384 e. The molecule has 1 amide bonds. The number of nitrogens with zero attached hydrogens (tertiary/aromatic N) is 2. The van der Waals surface area contributed by atoms with Crippen LogP contribution in [0.4, 0.5) is 5.82 Å². The molecule has 1 aromatic heterocycles. The molecule has 0 aliphatic heterocycles. The average Bonchev–Trinajstić information content (AvgIpc) is 3.27. The highest BCUT2D eigenvalue weighted by Gasteiger charge is 2.49. The van der Waals surface area contributed by atoms with Crippen molar-refractivity contribution < 1.29 is 4.79 Å². The number of benzene rings is 1. The summed E-state index contributed by atoms with van der Waals surface area (Å²) in [5.74, 6) is 1.04. The maximum atomic E-state index is 12.4. The summed E-state index contributed by atoms with van der Waals surface area (Å²) in [4.78, 5) is 20.6. The number of rotatable bonds is 5. The van der Waals surface area contributed by atoms with Crippen molar-refractivity contribution in [2.75, 3.05) is 5.73 Å². The quantitative estimate of drug-likeness (QED) is 0.874. The lowest BCUT2D eigenvalue weighted by atomic mass is 9.95. The molecule has 0 unspecified atom stereocenters. The summed E-state index contributed by atoms with van der Waals surface area (Å²) >= 11 is 0. The molecule has 3 N–H and O–H groups in total. The number of nitrogen functional groups attached to an aromatic ring is 1. The second-order valence-corrected chi connectivity index (χ2v) is 5.52. The third-order valence-corrected chi connectivity index (χ3v) is 3.85. The molecule has 5 heteroatoms. The Morgan fingerprint density at radius 2 is 2.00 bits per heavy atom. The molecule has 5 nitrogen and oxygen atoms in total. The van der Waals surface area contributed by atoms with Gasteiger partial charge in [0.1, 0.15) is 11.6 Å². The molecule has 0 saturated heterocycles. The maximum Gasteiger partial charge on any atom is 0.226 e. The molecule has 1 aliphatic rings. The summed E-state index contributed by atoms with van der Waals surface area (Å²) in [5.41, 5.74) is 6.55. The zero-order valence-corrected chi connectivity index (χ0v) is 11.7. The minimum atomic E-state index is -0.248. The molecule has 1 aromatic carbocycles. The monoisotopic (exact) mass is 282 g/mol. The van der Waals surface area contributed by atoms with Gasteiger partial charge in [0, 0.05) is 6.20 Å². The highest BCUT2D eigenvalue weighted by Crippen LogP contribution is 2.48. The molecule has 1 saturated carbocycles. The molecule has 0 spiro atoms. The fraction of sp³-hybridized carbons (Fsp3) is 0.312. The Morgan fingerprint density at radius 3 is 2.67 bits per heavy atom. The number of hydrogen-bond donors (Lipinski definition) is 2. The highest BCUT2D eigenvalue weighted by atomic mass is 16.2. The standard InChI is InChI=1S/C16H18N4O/c17-13-6-9-18-14(20-13)11-19-15(21)16(7-8-16)10-12-4-2-1-3-5-12/h1-6,9H,7-8,10-11H2,(H,19,21)(H2,17,18,20). The lowest BCUT2D eigenvalue weighted by Gasteiger charge is -2.15. The summed E-state index contributed by atoms with van der Waals surface area (Å²) in [6, 6.07) is 11.7. The number of carbonyl (C=O) groups excluding carboxylic acids is 1. The van der Waals surface area contributed by atoms with Crippen molar-refractivity contribution in [3.05, 3.63) is 54.0 Å². The Bertz CT molecular complexity index is 638. The molecule has 1 aliphatic carbocycles. The topological polar surface area (TPSA) is 80.9 Å². The first-order valence-electron chi connectivity index (χ1n) is 7.08. The number of nitrogens with two attached hydrogens (primary N) is 1. The molecular formula is C16H18N4O. The van der Waals surface area contributed by atoms with E-state index in [1.165, 1.54) is 5.56 Å². The Hall–Kier alpha value is -2.43. The van der Waals surface area contributed by atoms with E-state index in [1.807, 2.05) is 18.2 Å². The van der Waals surface area contributed by atoms with Gasteiger partial charge in [-0.05, 0) is 30.9 Å². The normalized spacial score (nSPS) is 15.4. The van der Waals surface area contributed by atoms with Gasteiger partial charge >= 0.3 is 0 Å². The molecule has 1 heterocycles. The predicted octanol–water partition coefficient (Wildman–Crippen LogP) is 1.70. The van der Waals surface area contributed by atoms with Crippen LogP contribution in [-0.2, 0) is 17.8 Å². The first-order chi connectivity index (χ1) is 10.2. The van der Waals surface area contributed by atoms with Gasteiger partial charge in [-0.25, -0.2) is 9.97 Å². The van der Waals surface area contributed by atoms with Gasteiger partial charge in [-0.3, -0.25) is 4.79 Å². The number of nitrogens with one attached hydrogen (secondary N) is 1. The lowest BCUT2D eigenvalue weighted by Crippen LogP contribution is -2.33. The summed E-state index contributed by atoms with van der Waals surface area (Å²) in [7, 11) is 0. The van der Waals surface area contributed by atoms with Gasteiger partial charge in [0.05, 0.1) is 12.0 Å². The van der Waals surface area contributed by atoms with E-state index in [4.69, 9.17) is 5.73 Å². The third kappa shape index (κ3) is 3.18. The van der Waals surface area contributed by atoms with Crippen molar-refractivity contribution in [2.45, 2.75) is 25.8 Å². The maximum absolute atomic E-state index is 12.4. The molecule has 21 heavy (non-hydrogen) atoms. The van der Waals surface area contributed by atoms with Gasteiger partial charge in [-0.2, -0.15) is 0 Å². The van der Waals surface area contributed by atoms with E-state index in [2.05, 4.69) is 27.4 Å². The summed E-state index contributed by atoms with van der Waals surface area (Å²) < 4.78 is 0. The highest BCUT2D eigenvalue weighted by molar-refractivity contribution is 5.85. The SMILES string of the molecule is Nc1ccnc(CNC(=O)C2(Cc3ccccc3)CC2)n1. The number of amides is 1. The summed E-state index contributed by atoms with van der Waals surface area (Å²) in [6.07, 6.45) is 4.26. The predicted molar refractivity (Wildman–Crippen MR) is 80.1 cm³/mol. The van der Waals surface area contributed by atoms with E-state index in [0.717, 1.165) is 19.3 Å². The van der Waals surface area contributed by atoms with E-state index in [9.17, 15) is 4.79 Å². The molecule has 0 bridgehead atoms. The average molecular weight is 282 g/mol. The molecule has 1 fully saturated rings. The Labute approximate surface area is 123 Å². The van der Waals surface area contributed by atoms with Crippen LogP contribution in [0.5, 0.6) is 0 Å². The molecule has 3 rings (SSSR count). The molecule has 0 radical (unpaired) electrons. The number of carbonyl (C=O) groups is 1. The van der Waals surface area contributed by atoms with Gasteiger partial charge in [0.2, 0.25) is 5.91 Å². The van der Waals surface area contributed by atoms with Crippen LogP contribution in [-0.4, -0.2) is 15.9 Å². The molecule has 2 aromatic rings. The van der Waals surface area contributed by atoms with E-state index in [1.54, 1.807) is 12.3 Å². The summed E-state index contributed by atoms with van der Waals surface area (Å²) in [5, 5.41) is 2.93. The van der Waals surface area contributed by atoms with E-state index in [0.29, 0.717) is 18.2 Å². The lowest BCUT2D eigenvalue weighted by molar-refractivity contribution is -0.126. The van der Waals surface area contributed by atoms with E-state index < -0.39 is 0 Å². The van der Waals surface area contributed by atoms with Crippen LogP contribution < -0.4 is 11.1 Å². The van der Waals surface area contributed by atoms with Crippen molar-refractivity contribution in [2.24, 2.45) is 5.41 Å². The van der Waals surface area contributed by atoms with Gasteiger partial charge in [0.25, 0.3) is 0 Å². The first kappa shape index (κ1) is 13.5. The number of anilines is 1. The van der Waals surface area contributed by atoms with Crippen LogP contribution in [0.2, 0.25) is 0 Å². The van der Waals surface area contributed by atoms with Crippen molar-refractivity contribution in [1.82, 2.24) is 15.3 Å². The van der Waals surface area contributed by atoms with E-state index >= 15 is 0 Å². The smallest absolute Gasteiger partial charge is 0.226 e. The van der Waals surface area contributed by atoms with Crippen LogP contribution in [0.1, 0.15) is 24.2 Å². The first-order valence-corrected chi connectivity index (χ1v) is 7.08.